The molecule has 0 radical (unpaired) electrons. The molecule has 39 heavy (non-hydrogen) atoms. The molecule has 7 nitrogen and oxygen atoms in total. The van der Waals surface area contributed by atoms with E-state index in [1.807, 2.05) is 6.92 Å². The Labute approximate surface area is 221 Å². The Morgan fingerprint density at radius 1 is 0.897 bits per heavy atom. The van der Waals surface area contributed by atoms with E-state index in [1.165, 1.54) is 22.1 Å². The Bertz CT molecular complexity index is 1880. The predicted molar refractivity (Wildman–Crippen MR) is 141 cm³/mol. The molecule has 1 unspecified atom stereocenters. The van der Waals surface area contributed by atoms with Gasteiger partial charge in [0.05, 0.1) is 36.0 Å². The topological polar surface area (TPSA) is 84.0 Å². The molecule has 0 N–H and O–H groups in total. The van der Waals surface area contributed by atoms with Crippen molar-refractivity contribution in [1.82, 2.24) is 4.90 Å². The smallest absolute Gasteiger partial charge is 0.291 e. The lowest BCUT2D eigenvalue weighted by Gasteiger charge is -2.33. The summed E-state index contributed by atoms with van der Waals surface area (Å²) in [5.41, 5.74) is 0.0192. The van der Waals surface area contributed by atoms with Crippen molar-refractivity contribution in [1.29, 1.82) is 0 Å². The van der Waals surface area contributed by atoms with Crippen LogP contribution in [0.2, 0.25) is 0 Å². The minimum absolute atomic E-state index is 0.0364. The van der Waals surface area contributed by atoms with Gasteiger partial charge < -0.3 is 18.6 Å². The van der Waals surface area contributed by atoms with Gasteiger partial charge in [0.1, 0.15) is 17.2 Å². The van der Waals surface area contributed by atoms with E-state index in [0.29, 0.717) is 22.6 Å². The van der Waals surface area contributed by atoms with E-state index in [4.69, 9.17) is 8.83 Å². The normalized spacial score (nSPS) is 17.9. The maximum Gasteiger partial charge on any atom is 0.291 e. The standard InChI is InChI=1S/C31H21FN2O5/c1-18-12-13-25-21(15-18)27(35)26-28(39-25)29(36)34(17-20-8-6-14-38-20)31(26)22-9-3-5-11-24(22)33(30(31)37)16-19-7-2-4-10-23(19)32/h2-15H,16-17H2,1H3. The number of furan rings is 1. The fourth-order valence-electron chi connectivity index (χ4n) is 5.84. The van der Waals surface area contributed by atoms with Crippen LogP contribution in [0.4, 0.5) is 10.1 Å². The predicted octanol–water partition coefficient (Wildman–Crippen LogP) is 5.28. The molecule has 7 rings (SSSR count). The van der Waals surface area contributed by atoms with Gasteiger partial charge in [-0.05, 0) is 43.3 Å². The summed E-state index contributed by atoms with van der Waals surface area (Å²) < 4.78 is 26.4. The quantitative estimate of drug-likeness (QED) is 0.322. The van der Waals surface area contributed by atoms with Crippen molar-refractivity contribution in [2.45, 2.75) is 25.6 Å². The zero-order chi connectivity index (χ0) is 26.9. The highest BCUT2D eigenvalue weighted by molar-refractivity contribution is 6.17. The molecule has 2 aromatic heterocycles. The minimum Gasteiger partial charge on any atom is -0.467 e. The number of carbonyl (C=O) groups is 2. The van der Waals surface area contributed by atoms with Gasteiger partial charge in [-0.1, -0.05) is 48.0 Å². The number of fused-ring (bicyclic) bond motifs is 5. The van der Waals surface area contributed by atoms with E-state index < -0.39 is 28.6 Å². The molecular formula is C31H21FN2O5. The average molecular weight is 521 g/mol. The number of benzene rings is 3. The Hall–Kier alpha value is -4.98. The third kappa shape index (κ3) is 3.11. The Kier molecular flexibility index (Phi) is 4.91. The van der Waals surface area contributed by atoms with Crippen molar-refractivity contribution >= 4 is 28.5 Å². The van der Waals surface area contributed by atoms with Crippen molar-refractivity contribution in [2.24, 2.45) is 0 Å². The first-order chi connectivity index (χ1) is 18.9. The van der Waals surface area contributed by atoms with Gasteiger partial charge in [0, 0.05) is 11.1 Å². The lowest BCUT2D eigenvalue weighted by atomic mass is 9.84. The van der Waals surface area contributed by atoms with E-state index >= 15 is 0 Å². The molecule has 0 fully saturated rings. The van der Waals surface area contributed by atoms with Crippen LogP contribution < -0.4 is 10.3 Å². The van der Waals surface area contributed by atoms with Crippen LogP contribution in [-0.4, -0.2) is 16.7 Å². The van der Waals surface area contributed by atoms with Crippen molar-refractivity contribution in [2.75, 3.05) is 4.90 Å². The second-order valence-corrected chi connectivity index (χ2v) is 9.82. The monoisotopic (exact) mass is 520 g/mol. The molecule has 5 aromatic rings. The number of anilines is 1. The molecule has 2 aliphatic rings. The van der Waals surface area contributed by atoms with E-state index in [1.54, 1.807) is 72.8 Å². The highest BCUT2D eigenvalue weighted by Crippen LogP contribution is 2.53. The summed E-state index contributed by atoms with van der Waals surface area (Å²) >= 11 is 0. The summed E-state index contributed by atoms with van der Waals surface area (Å²) in [5, 5.41) is 0.276. The van der Waals surface area contributed by atoms with Crippen LogP contribution in [0.3, 0.4) is 0 Å². The van der Waals surface area contributed by atoms with Gasteiger partial charge >= 0.3 is 0 Å². The van der Waals surface area contributed by atoms with Crippen molar-refractivity contribution in [3.05, 3.63) is 135 Å². The van der Waals surface area contributed by atoms with E-state index in [2.05, 4.69) is 0 Å². The number of rotatable bonds is 4. The highest BCUT2D eigenvalue weighted by atomic mass is 19.1. The second-order valence-electron chi connectivity index (χ2n) is 9.82. The van der Waals surface area contributed by atoms with Crippen LogP contribution in [0.5, 0.6) is 0 Å². The van der Waals surface area contributed by atoms with E-state index in [-0.39, 0.29) is 35.4 Å². The Morgan fingerprint density at radius 3 is 2.49 bits per heavy atom. The maximum atomic E-state index is 14.7. The lowest BCUT2D eigenvalue weighted by molar-refractivity contribution is -0.126. The first-order valence-corrected chi connectivity index (χ1v) is 12.5. The molecule has 4 heterocycles. The van der Waals surface area contributed by atoms with Gasteiger partial charge in [0.25, 0.3) is 11.8 Å². The summed E-state index contributed by atoms with van der Waals surface area (Å²) in [6.07, 6.45) is 1.48. The van der Waals surface area contributed by atoms with Crippen molar-refractivity contribution in [3.8, 4) is 0 Å². The van der Waals surface area contributed by atoms with Gasteiger partial charge in [0.15, 0.2) is 11.0 Å². The highest BCUT2D eigenvalue weighted by Gasteiger charge is 2.65. The van der Waals surface area contributed by atoms with Gasteiger partial charge in [-0.15, -0.1) is 0 Å². The molecular weight excluding hydrogens is 499 g/mol. The number of aryl methyl sites for hydroxylation is 1. The van der Waals surface area contributed by atoms with Gasteiger partial charge in [-0.3, -0.25) is 14.4 Å². The molecule has 2 amide bonds. The van der Waals surface area contributed by atoms with Crippen LogP contribution in [0.15, 0.2) is 98.8 Å². The molecule has 0 aliphatic carbocycles. The lowest BCUT2D eigenvalue weighted by Crippen LogP contribution is -2.52. The summed E-state index contributed by atoms with van der Waals surface area (Å²) in [7, 11) is 0. The van der Waals surface area contributed by atoms with Gasteiger partial charge in [-0.2, -0.15) is 0 Å². The molecule has 1 atom stereocenters. The summed E-state index contributed by atoms with van der Waals surface area (Å²) in [4.78, 5) is 45.7. The number of nitrogens with zero attached hydrogens (tertiary/aromatic N) is 2. The largest absolute Gasteiger partial charge is 0.467 e. The van der Waals surface area contributed by atoms with Gasteiger partial charge in [0.2, 0.25) is 5.76 Å². The SMILES string of the molecule is Cc1ccc2oc3c(c(=O)c2c1)C1(C(=O)N(Cc2ccccc2F)c2ccccc21)N(Cc1ccco1)C3=O. The molecule has 0 bridgehead atoms. The number of hydrogen-bond donors (Lipinski definition) is 0. The third-order valence-electron chi connectivity index (χ3n) is 7.57. The zero-order valence-corrected chi connectivity index (χ0v) is 20.8. The first kappa shape index (κ1) is 23.2. The molecule has 0 saturated carbocycles. The third-order valence-corrected chi connectivity index (χ3v) is 7.57. The van der Waals surface area contributed by atoms with Crippen LogP contribution in [-0.2, 0) is 23.4 Å². The number of halogens is 1. The zero-order valence-electron chi connectivity index (χ0n) is 20.8. The van der Waals surface area contributed by atoms with Crippen molar-refractivity contribution < 1.29 is 22.8 Å². The van der Waals surface area contributed by atoms with Crippen LogP contribution in [0.1, 0.15) is 38.6 Å². The van der Waals surface area contributed by atoms with Crippen LogP contribution in [0, 0.1) is 12.7 Å². The molecule has 192 valence electrons. The van der Waals surface area contributed by atoms with Gasteiger partial charge in [-0.25, -0.2) is 4.39 Å². The fraction of sp³-hybridized carbons (Fsp3) is 0.129. The fourth-order valence-corrected chi connectivity index (χ4v) is 5.84. The van der Waals surface area contributed by atoms with Crippen LogP contribution >= 0.6 is 0 Å². The van der Waals surface area contributed by atoms with Crippen molar-refractivity contribution in [3.63, 3.8) is 0 Å². The van der Waals surface area contributed by atoms with E-state index in [0.717, 1.165) is 5.56 Å². The molecule has 8 heteroatoms. The summed E-state index contributed by atoms with van der Waals surface area (Å²) in [6.45, 7) is 1.68. The number of amides is 2. The van der Waals surface area contributed by atoms with E-state index in [9.17, 15) is 18.8 Å². The number of hydrogen-bond acceptors (Lipinski definition) is 5. The molecule has 2 aliphatic heterocycles. The minimum atomic E-state index is -1.82. The second kappa shape index (κ2) is 8.26. The number of carbonyl (C=O) groups excluding carboxylic acids is 2. The molecule has 0 saturated heterocycles. The van der Waals surface area contributed by atoms with Crippen LogP contribution in [0.25, 0.3) is 11.0 Å². The average Bonchev–Trinajstić information content (AvgIpc) is 3.60. The Morgan fingerprint density at radius 2 is 1.69 bits per heavy atom. The molecule has 1 spiro atoms. The Balaban J connectivity index is 1.53. The molecule has 3 aromatic carbocycles. The summed E-state index contributed by atoms with van der Waals surface area (Å²) in [5.74, 6) is -1.35. The number of para-hydroxylation sites is 1. The first-order valence-electron chi connectivity index (χ1n) is 12.5. The summed E-state index contributed by atoms with van der Waals surface area (Å²) in [6, 6.07) is 21.7. The maximum absolute atomic E-state index is 14.7.